The quantitative estimate of drug-likeness (QED) is 0.946. The van der Waals surface area contributed by atoms with Crippen LogP contribution in [0, 0.1) is 0 Å². The first-order valence-corrected chi connectivity index (χ1v) is 6.68. The summed E-state index contributed by atoms with van der Waals surface area (Å²) in [4.78, 5) is 1.05. The first-order valence-electron chi connectivity index (χ1n) is 5.07. The number of hydrogen-bond donors (Lipinski definition) is 1. The van der Waals surface area contributed by atoms with Gasteiger partial charge in [-0.1, -0.05) is 6.07 Å². The summed E-state index contributed by atoms with van der Waals surface area (Å²) >= 11 is 5.03. The molecule has 2 rings (SSSR count). The van der Waals surface area contributed by atoms with E-state index in [0.717, 1.165) is 20.1 Å². The van der Waals surface area contributed by atoms with Gasteiger partial charge in [0.2, 0.25) is 0 Å². The minimum absolute atomic E-state index is 0.458. The van der Waals surface area contributed by atoms with Crippen LogP contribution in [-0.2, 0) is 7.05 Å². The van der Waals surface area contributed by atoms with Crippen molar-refractivity contribution in [1.29, 1.82) is 0 Å². The monoisotopic (exact) mass is 313 g/mol. The average molecular weight is 314 g/mol. The van der Waals surface area contributed by atoms with Crippen molar-refractivity contribution in [1.82, 2.24) is 14.8 Å². The van der Waals surface area contributed by atoms with Gasteiger partial charge in [-0.25, -0.2) is 0 Å². The number of rotatable bonds is 3. The van der Waals surface area contributed by atoms with E-state index in [1.165, 1.54) is 11.8 Å². The van der Waals surface area contributed by atoms with Gasteiger partial charge in [0.25, 0.3) is 0 Å². The van der Waals surface area contributed by atoms with Crippen molar-refractivity contribution >= 4 is 27.7 Å². The van der Waals surface area contributed by atoms with E-state index in [9.17, 15) is 5.11 Å². The first kappa shape index (κ1) is 12.6. The Morgan fingerprint density at radius 2 is 2.24 bits per heavy atom. The topological polar surface area (TPSA) is 50.9 Å². The third-order valence-electron chi connectivity index (χ3n) is 2.31. The molecule has 0 amide bonds. The van der Waals surface area contributed by atoms with Crippen molar-refractivity contribution in [2.24, 2.45) is 7.05 Å². The second-order valence-electron chi connectivity index (χ2n) is 3.69. The highest BCUT2D eigenvalue weighted by Crippen LogP contribution is 2.33. The van der Waals surface area contributed by atoms with Gasteiger partial charge in [0, 0.05) is 16.4 Å². The number of aromatic nitrogens is 3. The molecule has 1 N–H and O–H groups in total. The van der Waals surface area contributed by atoms with Crippen LogP contribution in [0.25, 0.3) is 0 Å². The summed E-state index contributed by atoms with van der Waals surface area (Å²) < 4.78 is 2.81. The van der Waals surface area contributed by atoms with E-state index in [-0.39, 0.29) is 0 Å². The van der Waals surface area contributed by atoms with Gasteiger partial charge >= 0.3 is 0 Å². The summed E-state index contributed by atoms with van der Waals surface area (Å²) in [7, 11) is 1.90. The average Bonchev–Trinajstić information content (AvgIpc) is 2.67. The van der Waals surface area contributed by atoms with E-state index in [1.807, 2.05) is 29.8 Å². The van der Waals surface area contributed by atoms with Crippen molar-refractivity contribution in [2.75, 3.05) is 0 Å². The maximum atomic E-state index is 9.49. The van der Waals surface area contributed by atoms with Crippen LogP contribution < -0.4 is 0 Å². The Kier molecular flexibility index (Phi) is 3.86. The van der Waals surface area contributed by atoms with Gasteiger partial charge in [0.15, 0.2) is 5.16 Å². The van der Waals surface area contributed by atoms with Crippen LogP contribution in [0.3, 0.4) is 0 Å². The van der Waals surface area contributed by atoms with E-state index in [0.29, 0.717) is 0 Å². The van der Waals surface area contributed by atoms with Gasteiger partial charge in [0.1, 0.15) is 6.33 Å². The van der Waals surface area contributed by atoms with Gasteiger partial charge < -0.3 is 9.67 Å². The highest BCUT2D eigenvalue weighted by Gasteiger charge is 2.09. The Morgan fingerprint density at radius 3 is 2.76 bits per heavy atom. The molecule has 1 atom stereocenters. The Morgan fingerprint density at radius 1 is 1.47 bits per heavy atom. The van der Waals surface area contributed by atoms with Crippen molar-refractivity contribution in [3.05, 3.63) is 34.6 Å². The van der Waals surface area contributed by atoms with Gasteiger partial charge in [-0.2, -0.15) is 0 Å². The molecule has 0 aliphatic carbocycles. The lowest BCUT2D eigenvalue weighted by atomic mass is 10.1. The zero-order chi connectivity index (χ0) is 12.4. The molecule has 1 aromatic heterocycles. The smallest absolute Gasteiger partial charge is 0.195 e. The zero-order valence-corrected chi connectivity index (χ0v) is 11.9. The third-order valence-corrected chi connectivity index (χ3v) is 4.36. The molecule has 0 bridgehead atoms. The Labute approximate surface area is 112 Å². The molecule has 0 aliphatic heterocycles. The Hall–Kier alpha value is -0.850. The number of aliphatic hydroxyl groups excluding tert-OH is 1. The van der Waals surface area contributed by atoms with Crippen LogP contribution in [0.2, 0.25) is 0 Å². The molecule has 0 aliphatic rings. The maximum Gasteiger partial charge on any atom is 0.195 e. The summed E-state index contributed by atoms with van der Waals surface area (Å²) in [6.07, 6.45) is 1.21. The molecule has 4 nitrogen and oxygen atoms in total. The second kappa shape index (κ2) is 5.20. The Bertz CT molecular complexity index is 527. The largest absolute Gasteiger partial charge is 0.389 e. The van der Waals surface area contributed by atoms with Crippen molar-refractivity contribution in [3.63, 3.8) is 0 Å². The van der Waals surface area contributed by atoms with Gasteiger partial charge in [-0.15, -0.1) is 10.2 Å². The third kappa shape index (κ3) is 2.88. The Balaban J connectivity index is 2.26. The minimum atomic E-state index is -0.458. The van der Waals surface area contributed by atoms with Crippen LogP contribution in [0.5, 0.6) is 0 Å². The molecule has 0 fully saturated rings. The zero-order valence-electron chi connectivity index (χ0n) is 9.46. The standard InChI is InChI=1S/C11H12BrN3OS/c1-7(16)8-3-4-10(9(12)5-8)17-11-14-13-6-15(11)2/h3-7,16H,1-2H3/t7-/m1/s1. The van der Waals surface area contributed by atoms with Gasteiger partial charge in [0.05, 0.1) is 6.10 Å². The molecule has 17 heavy (non-hydrogen) atoms. The van der Waals surface area contributed by atoms with E-state index in [1.54, 1.807) is 13.3 Å². The van der Waals surface area contributed by atoms with Crippen LogP contribution in [0.1, 0.15) is 18.6 Å². The summed E-state index contributed by atoms with van der Waals surface area (Å²) in [5.74, 6) is 0. The maximum absolute atomic E-state index is 9.49. The fourth-order valence-corrected chi connectivity index (χ4v) is 2.73. The van der Waals surface area contributed by atoms with Crippen LogP contribution >= 0.6 is 27.7 Å². The number of benzene rings is 1. The molecular weight excluding hydrogens is 302 g/mol. The minimum Gasteiger partial charge on any atom is -0.389 e. The molecule has 2 aromatic rings. The molecule has 0 radical (unpaired) electrons. The molecular formula is C11H12BrN3OS. The predicted molar refractivity (Wildman–Crippen MR) is 69.9 cm³/mol. The second-order valence-corrected chi connectivity index (χ2v) is 5.56. The SMILES string of the molecule is C[C@@H](O)c1ccc(Sc2nncn2C)c(Br)c1. The molecule has 6 heteroatoms. The summed E-state index contributed by atoms with van der Waals surface area (Å²) in [6.45, 7) is 1.75. The lowest BCUT2D eigenvalue weighted by Crippen LogP contribution is -1.92. The van der Waals surface area contributed by atoms with Crippen LogP contribution in [-0.4, -0.2) is 19.9 Å². The lowest BCUT2D eigenvalue weighted by Gasteiger charge is -2.08. The van der Waals surface area contributed by atoms with Crippen LogP contribution in [0.15, 0.2) is 39.1 Å². The normalized spacial score (nSPS) is 12.7. The van der Waals surface area contributed by atoms with E-state index < -0.39 is 6.10 Å². The summed E-state index contributed by atoms with van der Waals surface area (Å²) in [5, 5.41) is 18.2. The number of aliphatic hydroxyl groups is 1. The van der Waals surface area contributed by atoms with Gasteiger partial charge in [-0.05, 0) is 52.3 Å². The number of aryl methyl sites for hydroxylation is 1. The molecule has 1 heterocycles. The van der Waals surface area contributed by atoms with Gasteiger partial charge in [-0.3, -0.25) is 0 Å². The van der Waals surface area contributed by atoms with E-state index in [2.05, 4.69) is 26.1 Å². The van der Waals surface area contributed by atoms with E-state index >= 15 is 0 Å². The molecule has 0 saturated carbocycles. The lowest BCUT2D eigenvalue weighted by molar-refractivity contribution is 0.199. The van der Waals surface area contributed by atoms with Crippen molar-refractivity contribution in [3.8, 4) is 0 Å². The number of halogens is 1. The first-order chi connectivity index (χ1) is 8.08. The summed E-state index contributed by atoms with van der Waals surface area (Å²) in [6, 6.07) is 5.79. The molecule has 0 saturated heterocycles. The molecule has 90 valence electrons. The highest BCUT2D eigenvalue weighted by molar-refractivity contribution is 9.10. The number of nitrogens with zero attached hydrogens (tertiary/aromatic N) is 3. The molecule has 1 aromatic carbocycles. The van der Waals surface area contributed by atoms with Crippen LogP contribution in [0.4, 0.5) is 0 Å². The van der Waals surface area contributed by atoms with Crippen molar-refractivity contribution in [2.45, 2.75) is 23.1 Å². The number of hydrogen-bond acceptors (Lipinski definition) is 4. The highest BCUT2D eigenvalue weighted by atomic mass is 79.9. The fraction of sp³-hybridized carbons (Fsp3) is 0.273. The predicted octanol–water partition coefficient (Wildman–Crippen LogP) is 2.78. The van der Waals surface area contributed by atoms with Crippen molar-refractivity contribution < 1.29 is 5.11 Å². The summed E-state index contributed by atoms with van der Waals surface area (Å²) in [5.41, 5.74) is 0.888. The molecule has 0 unspecified atom stereocenters. The molecule has 0 spiro atoms. The fourth-order valence-electron chi connectivity index (χ4n) is 1.32. The van der Waals surface area contributed by atoms with E-state index in [4.69, 9.17) is 0 Å².